The van der Waals surface area contributed by atoms with Crippen LogP contribution in [0.15, 0.2) is 42.6 Å². The average molecular weight is 325 g/mol. The molecule has 0 saturated carbocycles. The zero-order valence-electron chi connectivity index (χ0n) is 15.3. The number of aromatic nitrogens is 1. The molecule has 0 N–H and O–H groups in total. The summed E-state index contributed by atoms with van der Waals surface area (Å²) < 4.78 is 5.19. The molecule has 24 heavy (non-hydrogen) atoms. The first-order valence-corrected chi connectivity index (χ1v) is 9.38. The van der Waals surface area contributed by atoms with Gasteiger partial charge < -0.3 is 4.74 Å². The third-order valence-electron chi connectivity index (χ3n) is 4.53. The fourth-order valence-corrected chi connectivity index (χ4v) is 2.92. The molecule has 2 heteroatoms. The fraction of sp³-hybridized carbons (Fsp3) is 0.500. The van der Waals surface area contributed by atoms with Gasteiger partial charge in [0, 0.05) is 11.9 Å². The molecular formula is C22H31NO. The van der Waals surface area contributed by atoms with Crippen LogP contribution in [0.4, 0.5) is 0 Å². The Bertz CT molecular complexity index is 560. The van der Waals surface area contributed by atoms with Crippen molar-refractivity contribution in [2.45, 2.75) is 64.7 Å². The van der Waals surface area contributed by atoms with Gasteiger partial charge in [-0.25, -0.2) is 0 Å². The second-order valence-electron chi connectivity index (χ2n) is 6.52. The first-order valence-electron chi connectivity index (χ1n) is 9.38. The van der Waals surface area contributed by atoms with Gasteiger partial charge in [0.25, 0.3) is 0 Å². The number of methoxy groups -OCH3 is 1. The Morgan fingerprint density at radius 3 is 2.12 bits per heavy atom. The Hall–Kier alpha value is -1.83. The van der Waals surface area contributed by atoms with Crippen molar-refractivity contribution in [2.75, 3.05) is 7.11 Å². The number of hydrogen-bond acceptors (Lipinski definition) is 2. The summed E-state index contributed by atoms with van der Waals surface area (Å²) in [6.45, 7) is 2.27. The molecule has 0 aliphatic heterocycles. The monoisotopic (exact) mass is 325 g/mol. The maximum absolute atomic E-state index is 5.19. The zero-order chi connectivity index (χ0) is 17.0. The van der Waals surface area contributed by atoms with E-state index in [1.807, 2.05) is 12.1 Å². The van der Waals surface area contributed by atoms with E-state index in [-0.39, 0.29) is 0 Å². The van der Waals surface area contributed by atoms with Crippen molar-refractivity contribution in [1.82, 2.24) is 4.98 Å². The van der Waals surface area contributed by atoms with E-state index in [1.165, 1.54) is 55.3 Å². The molecule has 2 nitrogen and oxygen atoms in total. The number of pyridine rings is 1. The molecule has 0 amide bonds. The van der Waals surface area contributed by atoms with Crippen molar-refractivity contribution >= 4 is 0 Å². The zero-order valence-corrected chi connectivity index (χ0v) is 15.3. The third-order valence-corrected chi connectivity index (χ3v) is 4.53. The van der Waals surface area contributed by atoms with E-state index < -0.39 is 0 Å². The Balaban J connectivity index is 1.69. The number of aryl methyl sites for hydroxylation is 3. The fourth-order valence-electron chi connectivity index (χ4n) is 2.92. The van der Waals surface area contributed by atoms with Crippen LogP contribution in [0.25, 0.3) is 0 Å². The predicted molar refractivity (Wildman–Crippen MR) is 102 cm³/mol. The van der Waals surface area contributed by atoms with Crippen molar-refractivity contribution in [1.29, 1.82) is 0 Å². The van der Waals surface area contributed by atoms with Crippen LogP contribution in [0.2, 0.25) is 0 Å². The van der Waals surface area contributed by atoms with E-state index in [9.17, 15) is 0 Å². The van der Waals surface area contributed by atoms with Gasteiger partial charge >= 0.3 is 0 Å². The number of benzene rings is 1. The van der Waals surface area contributed by atoms with Crippen LogP contribution in [0.3, 0.4) is 0 Å². The minimum atomic E-state index is 0.913. The van der Waals surface area contributed by atoms with Crippen LogP contribution in [0, 0.1) is 0 Å². The molecule has 1 aromatic heterocycles. The highest BCUT2D eigenvalue weighted by Gasteiger charge is 2.00. The standard InChI is InChI=1S/C22H31NO/c1-3-4-5-6-7-8-9-20-11-15-21(23-18-20)14-10-19-12-16-22(24-2)17-13-19/h11-13,15-18H,3-10,14H2,1-2H3. The van der Waals surface area contributed by atoms with E-state index in [4.69, 9.17) is 4.74 Å². The molecule has 2 rings (SSSR count). The Labute approximate surface area is 147 Å². The van der Waals surface area contributed by atoms with Crippen molar-refractivity contribution < 1.29 is 4.74 Å². The van der Waals surface area contributed by atoms with Gasteiger partial charge in [-0.2, -0.15) is 0 Å². The number of unbranched alkanes of at least 4 members (excludes halogenated alkanes) is 5. The number of rotatable bonds is 11. The number of hydrogen-bond donors (Lipinski definition) is 0. The third kappa shape index (κ3) is 6.74. The highest BCUT2D eigenvalue weighted by molar-refractivity contribution is 5.27. The molecule has 0 saturated heterocycles. The molecular weight excluding hydrogens is 294 g/mol. The Morgan fingerprint density at radius 2 is 1.46 bits per heavy atom. The lowest BCUT2D eigenvalue weighted by Crippen LogP contribution is -1.96. The Kier molecular flexibility index (Phi) is 8.37. The molecule has 1 aromatic carbocycles. The normalized spacial score (nSPS) is 10.8. The topological polar surface area (TPSA) is 22.1 Å². The van der Waals surface area contributed by atoms with Gasteiger partial charge in [0.05, 0.1) is 7.11 Å². The van der Waals surface area contributed by atoms with Crippen LogP contribution in [0.1, 0.15) is 62.3 Å². The quantitative estimate of drug-likeness (QED) is 0.489. The van der Waals surface area contributed by atoms with Gasteiger partial charge in [-0.15, -0.1) is 0 Å². The largest absolute Gasteiger partial charge is 0.497 e. The van der Waals surface area contributed by atoms with Crippen LogP contribution in [-0.4, -0.2) is 12.1 Å². The summed E-state index contributed by atoms with van der Waals surface area (Å²) in [7, 11) is 1.70. The van der Waals surface area contributed by atoms with Crippen molar-refractivity contribution in [2.24, 2.45) is 0 Å². The summed E-state index contributed by atoms with van der Waals surface area (Å²) in [6, 6.07) is 12.7. The van der Waals surface area contributed by atoms with Gasteiger partial charge in [0.1, 0.15) is 5.75 Å². The minimum absolute atomic E-state index is 0.913. The van der Waals surface area contributed by atoms with E-state index in [1.54, 1.807) is 7.11 Å². The molecule has 0 spiro atoms. The molecule has 0 aliphatic rings. The van der Waals surface area contributed by atoms with Gasteiger partial charge in [-0.3, -0.25) is 4.98 Å². The van der Waals surface area contributed by atoms with Gasteiger partial charge in [-0.05, 0) is 55.0 Å². The van der Waals surface area contributed by atoms with Crippen LogP contribution >= 0.6 is 0 Å². The van der Waals surface area contributed by atoms with Crippen molar-refractivity contribution in [3.05, 3.63) is 59.4 Å². The van der Waals surface area contributed by atoms with Gasteiger partial charge in [0.2, 0.25) is 0 Å². The lowest BCUT2D eigenvalue weighted by atomic mass is 10.0. The highest BCUT2D eigenvalue weighted by atomic mass is 16.5. The summed E-state index contributed by atoms with van der Waals surface area (Å²) in [5, 5.41) is 0. The molecule has 0 aliphatic carbocycles. The van der Waals surface area contributed by atoms with Crippen LogP contribution in [-0.2, 0) is 19.3 Å². The molecule has 1 heterocycles. The average Bonchev–Trinajstić information content (AvgIpc) is 2.64. The minimum Gasteiger partial charge on any atom is -0.497 e. The van der Waals surface area contributed by atoms with E-state index in [0.29, 0.717) is 0 Å². The maximum atomic E-state index is 5.19. The summed E-state index contributed by atoms with van der Waals surface area (Å²) in [5.74, 6) is 0.913. The predicted octanol–water partition coefficient (Wildman–Crippen LogP) is 5.78. The molecule has 2 aromatic rings. The lowest BCUT2D eigenvalue weighted by molar-refractivity contribution is 0.414. The molecule has 0 fully saturated rings. The Morgan fingerprint density at radius 1 is 0.750 bits per heavy atom. The number of nitrogens with zero attached hydrogens (tertiary/aromatic N) is 1. The second kappa shape index (κ2) is 10.9. The molecule has 0 radical (unpaired) electrons. The molecule has 0 unspecified atom stereocenters. The summed E-state index contributed by atoms with van der Waals surface area (Å²) >= 11 is 0. The molecule has 130 valence electrons. The van der Waals surface area contributed by atoms with E-state index >= 15 is 0 Å². The molecule has 0 atom stereocenters. The lowest BCUT2D eigenvalue weighted by Gasteiger charge is -2.05. The van der Waals surface area contributed by atoms with Crippen molar-refractivity contribution in [3.8, 4) is 5.75 Å². The van der Waals surface area contributed by atoms with Crippen LogP contribution in [0.5, 0.6) is 5.75 Å². The van der Waals surface area contributed by atoms with Gasteiger partial charge in [-0.1, -0.05) is 57.2 Å². The maximum Gasteiger partial charge on any atom is 0.118 e. The second-order valence-corrected chi connectivity index (χ2v) is 6.52. The number of ether oxygens (including phenoxy) is 1. The first kappa shape index (κ1) is 18.5. The SMILES string of the molecule is CCCCCCCCc1ccc(CCc2ccc(OC)cc2)nc1. The first-order chi connectivity index (χ1) is 11.8. The summed E-state index contributed by atoms with van der Waals surface area (Å²) in [6.07, 6.45) is 13.3. The van der Waals surface area contributed by atoms with Gasteiger partial charge in [0.15, 0.2) is 0 Å². The van der Waals surface area contributed by atoms with Crippen LogP contribution < -0.4 is 4.74 Å². The smallest absolute Gasteiger partial charge is 0.118 e. The van der Waals surface area contributed by atoms with Crippen molar-refractivity contribution in [3.63, 3.8) is 0 Å². The van der Waals surface area contributed by atoms with E-state index in [0.717, 1.165) is 25.0 Å². The summed E-state index contributed by atoms with van der Waals surface area (Å²) in [5.41, 5.74) is 3.88. The molecule has 0 bridgehead atoms. The van der Waals surface area contributed by atoms with E-state index in [2.05, 4.69) is 42.4 Å². The summed E-state index contributed by atoms with van der Waals surface area (Å²) in [4.78, 5) is 4.63. The highest BCUT2D eigenvalue weighted by Crippen LogP contribution is 2.14.